The zero-order chi connectivity index (χ0) is 16.7. The lowest BCUT2D eigenvalue weighted by Crippen LogP contribution is -2.16. The summed E-state index contributed by atoms with van der Waals surface area (Å²) >= 11 is 0. The topological polar surface area (TPSA) is 87.3 Å². The van der Waals surface area contributed by atoms with Gasteiger partial charge in [0.05, 0.1) is 6.26 Å². The molecule has 0 bridgehead atoms. The van der Waals surface area contributed by atoms with E-state index in [0.717, 1.165) is 17.6 Å². The highest BCUT2D eigenvalue weighted by molar-refractivity contribution is 7.92. The van der Waals surface area contributed by atoms with Crippen LogP contribution in [-0.2, 0) is 14.8 Å². The fraction of sp³-hybridized carbons (Fsp3) is 0.188. The van der Waals surface area contributed by atoms with Gasteiger partial charge in [-0.3, -0.25) is 9.52 Å². The van der Waals surface area contributed by atoms with Gasteiger partial charge in [0.1, 0.15) is 0 Å². The molecule has 0 radical (unpaired) electrons. The summed E-state index contributed by atoms with van der Waals surface area (Å²) in [6.45, 7) is 0.484. The number of benzene rings is 2. The van der Waals surface area contributed by atoms with Crippen molar-refractivity contribution in [2.24, 2.45) is 0 Å². The second kappa shape index (κ2) is 7.64. The number of hydrogen-bond donors (Lipinski definition) is 3. The van der Waals surface area contributed by atoms with Crippen LogP contribution in [-0.4, -0.2) is 27.1 Å². The van der Waals surface area contributed by atoms with E-state index in [9.17, 15) is 13.2 Å². The lowest BCUT2D eigenvalue weighted by atomic mass is 10.2. The van der Waals surface area contributed by atoms with Gasteiger partial charge >= 0.3 is 0 Å². The molecule has 0 aromatic heterocycles. The van der Waals surface area contributed by atoms with Crippen molar-refractivity contribution in [1.82, 2.24) is 0 Å². The molecule has 0 aliphatic carbocycles. The molecule has 0 saturated carbocycles. The summed E-state index contributed by atoms with van der Waals surface area (Å²) in [5, 5.41) is 5.92. The number of anilines is 3. The molecule has 0 aliphatic rings. The fourth-order valence-electron chi connectivity index (χ4n) is 1.94. The molecule has 0 heterocycles. The first-order chi connectivity index (χ1) is 10.9. The molecular weight excluding hydrogens is 314 g/mol. The second-order valence-electron chi connectivity index (χ2n) is 5.04. The van der Waals surface area contributed by atoms with E-state index >= 15 is 0 Å². The van der Waals surface area contributed by atoms with Crippen LogP contribution in [0.3, 0.4) is 0 Å². The predicted octanol–water partition coefficient (Wildman–Crippen LogP) is 2.50. The molecule has 3 N–H and O–H groups in total. The van der Waals surface area contributed by atoms with E-state index in [1.54, 1.807) is 24.3 Å². The number of amides is 1. The summed E-state index contributed by atoms with van der Waals surface area (Å²) in [4.78, 5) is 11.8. The van der Waals surface area contributed by atoms with E-state index in [2.05, 4.69) is 15.4 Å². The Balaban J connectivity index is 1.76. The fourth-order valence-corrected chi connectivity index (χ4v) is 2.50. The zero-order valence-electron chi connectivity index (χ0n) is 12.7. The molecule has 0 atom stereocenters. The normalized spacial score (nSPS) is 10.8. The summed E-state index contributed by atoms with van der Waals surface area (Å²) < 4.78 is 24.6. The third-order valence-electron chi connectivity index (χ3n) is 2.93. The van der Waals surface area contributed by atoms with Crippen molar-refractivity contribution in [3.63, 3.8) is 0 Å². The molecule has 7 heteroatoms. The van der Waals surface area contributed by atoms with Crippen LogP contribution in [0.2, 0.25) is 0 Å². The molecule has 23 heavy (non-hydrogen) atoms. The lowest BCUT2D eigenvalue weighted by Gasteiger charge is -2.09. The number of rotatable bonds is 7. The van der Waals surface area contributed by atoms with Gasteiger partial charge in [-0.15, -0.1) is 0 Å². The quantitative estimate of drug-likeness (QED) is 0.726. The van der Waals surface area contributed by atoms with Crippen molar-refractivity contribution >= 4 is 33.0 Å². The van der Waals surface area contributed by atoms with Gasteiger partial charge in [0.15, 0.2) is 0 Å². The Morgan fingerprint density at radius 1 is 0.913 bits per heavy atom. The predicted molar refractivity (Wildman–Crippen MR) is 93.1 cm³/mol. The molecule has 2 aromatic carbocycles. The maximum absolute atomic E-state index is 11.8. The molecule has 0 unspecified atom stereocenters. The van der Waals surface area contributed by atoms with Gasteiger partial charge in [-0.25, -0.2) is 8.42 Å². The van der Waals surface area contributed by atoms with Crippen LogP contribution >= 0.6 is 0 Å². The van der Waals surface area contributed by atoms with Crippen LogP contribution in [0.25, 0.3) is 0 Å². The van der Waals surface area contributed by atoms with Gasteiger partial charge in [0.2, 0.25) is 15.9 Å². The zero-order valence-corrected chi connectivity index (χ0v) is 13.6. The van der Waals surface area contributed by atoms with Crippen molar-refractivity contribution in [3.05, 3.63) is 54.6 Å². The summed E-state index contributed by atoms with van der Waals surface area (Å²) in [6.07, 6.45) is 1.43. The first-order valence-electron chi connectivity index (χ1n) is 7.09. The lowest BCUT2D eigenvalue weighted by molar-refractivity contribution is -0.115. The van der Waals surface area contributed by atoms with E-state index in [-0.39, 0.29) is 5.91 Å². The van der Waals surface area contributed by atoms with E-state index < -0.39 is 10.0 Å². The molecule has 0 saturated heterocycles. The Hall–Kier alpha value is -2.54. The Morgan fingerprint density at radius 3 is 2.13 bits per heavy atom. The van der Waals surface area contributed by atoms with Gasteiger partial charge in [-0.2, -0.15) is 0 Å². The minimum Gasteiger partial charge on any atom is -0.385 e. The summed E-state index contributed by atoms with van der Waals surface area (Å²) in [5.41, 5.74) is 2.09. The van der Waals surface area contributed by atoms with Gasteiger partial charge < -0.3 is 10.6 Å². The SMILES string of the molecule is CS(=O)(=O)Nc1ccc(NCCC(=O)Nc2ccccc2)cc1. The van der Waals surface area contributed by atoms with Crippen molar-refractivity contribution < 1.29 is 13.2 Å². The number of sulfonamides is 1. The van der Waals surface area contributed by atoms with E-state index in [1.165, 1.54) is 0 Å². The van der Waals surface area contributed by atoms with Gasteiger partial charge in [0, 0.05) is 30.0 Å². The number of para-hydroxylation sites is 1. The maximum Gasteiger partial charge on any atom is 0.229 e. The number of carbonyl (C=O) groups is 1. The largest absolute Gasteiger partial charge is 0.385 e. The summed E-state index contributed by atoms with van der Waals surface area (Å²) in [7, 11) is -3.27. The molecular formula is C16H19N3O3S. The molecule has 2 aromatic rings. The van der Waals surface area contributed by atoms with Crippen molar-refractivity contribution in [2.75, 3.05) is 28.2 Å². The number of carbonyl (C=O) groups excluding carboxylic acids is 1. The average Bonchev–Trinajstić information content (AvgIpc) is 2.48. The standard InChI is InChI=1S/C16H19N3O3S/c1-23(21,22)19-15-9-7-13(8-10-15)17-12-11-16(20)18-14-5-3-2-4-6-14/h2-10,17,19H,11-12H2,1H3,(H,18,20). The summed E-state index contributed by atoms with van der Waals surface area (Å²) in [5.74, 6) is -0.0703. The average molecular weight is 333 g/mol. The highest BCUT2D eigenvalue weighted by atomic mass is 32.2. The molecule has 1 amide bonds. The maximum atomic E-state index is 11.8. The molecule has 122 valence electrons. The highest BCUT2D eigenvalue weighted by Crippen LogP contribution is 2.14. The van der Waals surface area contributed by atoms with Crippen LogP contribution in [0.1, 0.15) is 6.42 Å². The van der Waals surface area contributed by atoms with E-state index in [0.29, 0.717) is 18.7 Å². The van der Waals surface area contributed by atoms with Crippen molar-refractivity contribution in [3.8, 4) is 0 Å². The highest BCUT2D eigenvalue weighted by Gasteiger charge is 2.03. The van der Waals surface area contributed by atoms with Crippen molar-refractivity contribution in [2.45, 2.75) is 6.42 Å². The Labute approximate surface area is 136 Å². The Morgan fingerprint density at radius 2 is 1.52 bits per heavy atom. The number of nitrogens with one attached hydrogen (secondary N) is 3. The second-order valence-corrected chi connectivity index (χ2v) is 6.79. The summed E-state index contributed by atoms with van der Waals surface area (Å²) in [6, 6.07) is 16.1. The van der Waals surface area contributed by atoms with E-state index in [1.807, 2.05) is 30.3 Å². The van der Waals surface area contributed by atoms with Crippen LogP contribution < -0.4 is 15.4 Å². The van der Waals surface area contributed by atoms with Gasteiger partial charge in [0.25, 0.3) is 0 Å². The Bertz CT molecular complexity index is 744. The van der Waals surface area contributed by atoms with Crippen LogP contribution in [0.4, 0.5) is 17.1 Å². The molecule has 0 fully saturated rings. The number of hydrogen-bond acceptors (Lipinski definition) is 4. The molecule has 6 nitrogen and oxygen atoms in total. The minimum atomic E-state index is -3.27. The molecule has 0 aliphatic heterocycles. The first kappa shape index (κ1) is 16.8. The van der Waals surface area contributed by atoms with Crippen LogP contribution in [0.15, 0.2) is 54.6 Å². The third kappa shape index (κ3) is 6.39. The molecule has 2 rings (SSSR count). The molecule has 0 spiro atoms. The first-order valence-corrected chi connectivity index (χ1v) is 8.98. The van der Waals surface area contributed by atoms with Crippen LogP contribution in [0.5, 0.6) is 0 Å². The monoisotopic (exact) mass is 333 g/mol. The van der Waals surface area contributed by atoms with Gasteiger partial charge in [-0.1, -0.05) is 18.2 Å². The van der Waals surface area contributed by atoms with E-state index in [4.69, 9.17) is 0 Å². The van der Waals surface area contributed by atoms with Crippen LogP contribution in [0, 0.1) is 0 Å². The third-order valence-corrected chi connectivity index (χ3v) is 3.53. The van der Waals surface area contributed by atoms with Gasteiger partial charge in [-0.05, 0) is 36.4 Å². The Kier molecular flexibility index (Phi) is 5.59. The minimum absolute atomic E-state index is 0.0703. The van der Waals surface area contributed by atoms with Crippen molar-refractivity contribution in [1.29, 1.82) is 0 Å². The smallest absolute Gasteiger partial charge is 0.229 e.